The number of amides is 1. The van der Waals surface area contributed by atoms with Crippen molar-refractivity contribution >= 4 is 11.9 Å². The van der Waals surface area contributed by atoms with E-state index in [0.717, 1.165) is 19.5 Å². The van der Waals surface area contributed by atoms with Crippen LogP contribution in [0.1, 0.15) is 19.3 Å². The zero-order chi connectivity index (χ0) is 10.8. The molecule has 2 aliphatic rings. The van der Waals surface area contributed by atoms with E-state index in [2.05, 4.69) is 10.6 Å². The fourth-order valence-corrected chi connectivity index (χ4v) is 2.13. The molecule has 1 heterocycles. The SMILES string of the molecule is O=C(O)C1CCC(NC(=O)C2CNC2)C1. The molecule has 84 valence electrons. The van der Waals surface area contributed by atoms with Crippen LogP contribution in [-0.4, -0.2) is 36.1 Å². The van der Waals surface area contributed by atoms with Gasteiger partial charge in [-0.05, 0) is 19.3 Å². The Kier molecular flexibility index (Phi) is 2.90. The van der Waals surface area contributed by atoms with E-state index < -0.39 is 5.97 Å². The summed E-state index contributed by atoms with van der Waals surface area (Å²) < 4.78 is 0. The smallest absolute Gasteiger partial charge is 0.306 e. The number of aliphatic carboxylic acids is 1. The Balaban J connectivity index is 1.76. The Morgan fingerprint density at radius 2 is 1.93 bits per heavy atom. The van der Waals surface area contributed by atoms with Crippen LogP contribution in [-0.2, 0) is 9.59 Å². The zero-order valence-electron chi connectivity index (χ0n) is 8.53. The van der Waals surface area contributed by atoms with Crippen LogP contribution < -0.4 is 10.6 Å². The number of carbonyl (C=O) groups is 2. The molecule has 3 N–H and O–H groups in total. The van der Waals surface area contributed by atoms with Crippen molar-refractivity contribution in [3.05, 3.63) is 0 Å². The molecule has 0 radical (unpaired) electrons. The Morgan fingerprint density at radius 3 is 2.40 bits per heavy atom. The summed E-state index contributed by atoms with van der Waals surface area (Å²) in [5.41, 5.74) is 0. The van der Waals surface area contributed by atoms with Crippen molar-refractivity contribution in [3.8, 4) is 0 Å². The van der Waals surface area contributed by atoms with E-state index in [4.69, 9.17) is 5.11 Å². The van der Waals surface area contributed by atoms with Crippen LogP contribution in [0.5, 0.6) is 0 Å². The van der Waals surface area contributed by atoms with Gasteiger partial charge in [-0.2, -0.15) is 0 Å². The standard InChI is InChI=1S/C10H16N2O3/c13-9(7-4-11-5-7)12-8-2-1-6(3-8)10(14)15/h6-8,11H,1-5H2,(H,12,13)(H,14,15). The molecule has 5 heteroatoms. The van der Waals surface area contributed by atoms with Gasteiger partial charge in [-0.15, -0.1) is 0 Å². The van der Waals surface area contributed by atoms with E-state index in [0.29, 0.717) is 12.8 Å². The number of rotatable bonds is 3. The first-order chi connectivity index (χ1) is 7.16. The summed E-state index contributed by atoms with van der Waals surface area (Å²) >= 11 is 0. The second-order valence-corrected chi connectivity index (χ2v) is 4.41. The molecule has 2 fully saturated rings. The van der Waals surface area contributed by atoms with Gasteiger partial charge in [0.05, 0.1) is 11.8 Å². The van der Waals surface area contributed by atoms with Crippen LogP contribution in [0.25, 0.3) is 0 Å². The molecule has 2 unspecified atom stereocenters. The molecule has 0 aromatic rings. The lowest BCUT2D eigenvalue weighted by Gasteiger charge is -2.27. The minimum Gasteiger partial charge on any atom is -0.481 e. The summed E-state index contributed by atoms with van der Waals surface area (Å²) in [7, 11) is 0. The van der Waals surface area contributed by atoms with Crippen molar-refractivity contribution in [2.75, 3.05) is 13.1 Å². The summed E-state index contributed by atoms with van der Waals surface area (Å²) in [5, 5.41) is 14.8. The zero-order valence-corrected chi connectivity index (χ0v) is 8.53. The third kappa shape index (κ3) is 2.28. The fraction of sp³-hybridized carbons (Fsp3) is 0.800. The van der Waals surface area contributed by atoms with Gasteiger partial charge in [0.25, 0.3) is 0 Å². The van der Waals surface area contributed by atoms with E-state index in [1.54, 1.807) is 0 Å². The molecular weight excluding hydrogens is 196 g/mol. The summed E-state index contributed by atoms with van der Waals surface area (Å²) in [6, 6.07) is 0.0687. The third-order valence-electron chi connectivity index (χ3n) is 3.28. The van der Waals surface area contributed by atoms with Crippen molar-refractivity contribution in [3.63, 3.8) is 0 Å². The van der Waals surface area contributed by atoms with E-state index >= 15 is 0 Å². The van der Waals surface area contributed by atoms with Gasteiger partial charge in [0.15, 0.2) is 0 Å². The maximum Gasteiger partial charge on any atom is 0.306 e. The second kappa shape index (κ2) is 4.18. The van der Waals surface area contributed by atoms with E-state index in [9.17, 15) is 9.59 Å². The van der Waals surface area contributed by atoms with Gasteiger partial charge in [-0.3, -0.25) is 9.59 Å². The van der Waals surface area contributed by atoms with E-state index in [1.807, 2.05) is 0 Å². The predicted molar refractivity (Wildman–Crippen MR) is 53.3 cm³/mol. The molecule has 1 aliphatic carbocycles. The van der Waals surface area contributed by atoms with Gasteiger partial charge in [0, 0.05) is 19.1 Å². The van der Waals surface area contributed by atoms with Crippen LogP contribution >= 0.6 is 0 Å². The number of hydrogen-bond donors (Lipinski definition) is 3. The number of hydrogen-bond acceptors (Lipinski definition) is 3. The minimum absolute atomic E-state index is 0.0687. The fourth-order valence-electron chi connectivity index (χ4n) is 2.13. The van der Waals surface area contributed by atoms with Crippen LogP contribution in [0.15, 0.2) is 0 Å². The predicted octanol–water partition coefficient (Wildman–Crippen LogP) is -0.425. The van der Waals surface area contributed by atoms with Crippen molar-refractivity contribution in [2.24, 2.45) is 11.8 Å². The third-order valence-corrected chi connectivity index (χ3v) is 3.28. The van der Waals surface area contributed by atoms with Gasteiger partial charge in [-0.1, -0.05) is 0 Å². The molecule has 2 rings (SSSR count). The number of nitrogens with one attached hydrogen (secondary N) is 2. The Labute approximate surface area is 88.2 Å². The van der Waals surface area contributed by atoms with Crippen molar-refractivity contribution < 1.29 is 14.7 Å². The monoisotopic (exact) mass is 212 g/mol. The first-order valence-corrected chi connectivity index (χ1v) is 5.40. The van der Waals surface area contributed by atoms with Gasteiger partial charge in [-0.25, -0.2) is 0 Å². The van der Waals surface area contributed by atoms with Gasteiger partial charge in [0.2, 0.25) is 5.91 Å². The maximum absolute atomic E-state index is 11.6. The van der Waals surface area contributed by atoms with E-state index in [-0.39, 0.29) is 23.8 Å². The summed E-state index contributed by atoms with van der Waals surface area (Å²) in [6.07, 6.45) is 2.06. The Hall–Kier alpha value is -1.10. The average molecular weight is 212 g/mol. The molecule has 1 aliphatic heterocycles. The summed E-state index contributed by atoms with van der Waals surface area (Å²) in [4.78, 5) is 22.3. The van der Waals surface area contributed by atoms with Gasteiger partial charge >= 0.3 is 5.97 Å². The molecule has 0 aromatic carbocycles. The first kappa shape index (κ1) is 10.4. The van der Waals surface area contributed by atoms with Crippen molar-refractivity contribution in [2.45, 2.75) is 25.3 Å². The molecule has 2 atom stereocenters. The van der Waals surface area contributed by atoms with Crippen molar-refractivity contribution in [1.82, 2.24) is 10.6 Å². The molecule has 1 saturated heterocycles. The highest BCUT2D eigenvalue weighted by atomic mass is 16.4. The Morgan fingerprint density at radius 1 is 1.20 bits per heavy atom. The van der Waals surface area contributed by atoms with Crippen LogP contribution in [0.3, 0.4) is 0 Å². The highest BCUT2D eigenvalue weighted by Crippen LogP contribution is 2.25. The Bertz CT molecular complexity index is 276. The highest BCUT2D eigenvalue weighted by Gasteiger charge is 2.33. The topological polar surface area (TPSA) is 78.4 Å². The van der Waals surface area contributed by atoms with Crippen LogP contribution in [0.4, 0.5) is 0 Å². The molecule has 1 amide bonds. The lowest BCUT2D eigenvalue weighted by molar-refractivity contribution is -0.141. The molecule has 0 bridgehead atoms. The molecule has 5 nitrogen and oxygen atoms in total. The number of carbonyl (C=O) groups excluding carboxylic acids is 1. The summed E-state index contributed by atoms with van der Waals surface area (Å²) in [5.74, 6) is -0.842. The van der Waals surface area contributed by atoms with Crippen LogP contribution in [0.2, 0.25) is 0 Å². The van der Waals surface area contributed by atoms with Gasteiger partial charge in [0.1, 0.15) is 0 Å². The lowest BCUT2D eigenvalue weighted by Crippen LogP contribution is -2.52. The quantitative estimate of drug-likeness (QED) is 0.593. The summed E-state index contributed by atoms with van der Waals surface area (Å²) in [6.45, 7) is 1.50. The molecule has 0 aromatic heterocycles. The van der Waals surface area contributed by atoms with Gasteiger partial charge < -0.3 is 15.7 Å². The minimum atomic E-state index is -0.739. The lowest BCUT2D eigenvalue weighted by atomic mass is 10.0. The molecule has 15 heavy (non-hydrogen) atoms. The first-order valence-electron chi connectivity index (χ1n) is 5.40. The van der Waals surface area contributed by atoms with Crippen molar-refractivity contribution in [1.29, 1.82) is 0 Å². The number of carboxylic acid groups (broad SMARTS) is 1. The molecular formula is C10H16N2O3. The molecule has 1 saturated carbocycles. The average Bonchev–Trinajstić information content (AvgIpc) is 2.48. The van der Waals surface area contributed by atoms with E-state index in [1.165, 1.54) is 0 Å². The maximum atomic E-state index is 11.6. The second-order valence-electron chi connectivity index (χ2n) is 4.41. The van der Waals surface area contributed by atoms with Crippen LogP contribution in [0, 0.1) is 11.8 Å². The number of carboxylic acids is 1. The highest BCUT2D eigenvalue weighted by molar-refractivity contribution is 5.80. The normalized spacial score (nSPS) is 30.9. The molecule has 0 spiro atoms. The largest absolute Gasteiger partial charge is 0.481 e.